The molecule has 50 heavy (non-hydrogen) atoms. The molecule has 3 aliphatic heterocycles. The molecule has 3 aliphatic rings. The second-order valence-electron chi connectivity index (χ2n) is 14.2. The minimum Gasteiger partial charge on any atom is -0.394 e. The van der Waals surface area contributed by atoms with Crippen LogP contribution in [0, 0.1) is 5.92 Å². The fourth-order valence-corrected chi connectivity index (χ4v) is 11.0. The molecule has 258 valence electrons. The molecule has 7 rings (SSSR count). The molecule has 8 nitrogen and oxygen atoms in total. The highest BCUT2D eigenvalue weighted by Crippen LogP contribution is 2.60. The highest BCUT2D eigenvalue weighted by molar-refractivity contribution is 6.72. The fraction of sp³-hybridized carbons (Fsp3) is 0.325. The number of fused-ring (bicyclic) bond motifs is 3. The Morgan fingerprint density at radius 3 is 2.38 bits per heavy atom. The lowest BCUT2D eigenvalue weighted by molar-refractivity contribution is -0.151. The zero-order valence-corrected chi connectivity index (χ0v) is 29.5. The number of aliphatic hydroxyl groups excluding tert-OH is 1. The van der Waals surface area contributed by atoms with Crippen LogP contribution in [0.1, 0.15) is 35.6 Å². The third-order valence-corrected chi connectivity index (χ3v) is 13.3. The normalized spacial score (nSPS) is 24.3. The van der Waals surface area contributed by atoms with Crippen LogP contribution in [0.4, 0.5) is 21.2 Å². The van der Waals surface area contributed by atoms with Crippen LogP contribution in [-0.2, 0) is 44.2 Å². The summed E-state index contributed by atoms with van der Waals surface area (Å²) in [6.45, 7) is 5.52. The molecule has 0 saturated carbocycles. The van der Waals surface area contributed by atoms with Gasteiger partial charge in [-0.2, -0.15) is 0 Å². The Bertz CT molecular complexity index is 1920. The van der Waals surface area contributed by atoms with Crippen LogP contribution in [0.5, 0.6) is 0 Å². The van der Waals surface area contributed by atoms with Crippen molar-refractivity contribution in [3.63, 3.8) is 0 Å². The number of benzene rings is 4. The first-order chi connectivity index (χ1) is 24.1. The molecule has 3 heterocycles. The van der Waals surface area contributed by atoms with E-state index in [9.17, 15) is 19.5 Å². The Balaban J connectivity index is 1.20. The number of rotatable bonds is 9. The lowest BCUT2D eigenvalue weighted by Gasteiger charge is -2.37. The zero-order chi connectivity index (χ0) is 35.2. The van der Waals surface area contributed by atoms with Crippen LogP contribution in [-0.4, -0.2) is 55.4 Å². The highest BCUT2D eigenvalue weighted by Gasteiger charge is 2.67. The summed E-state index contributed by atoms with van der Waals surface area (Å²) in [5.74, 6) is -1.05. The molecule has 1 saturated heterocycles. The van der Waals surface area contributed by atoms with Crippen LogP contribution in [0.3, 0.4) is 0 Å². The van der Waals surface area contributed by atoms with Gasteiger partial charge in [-0.05, 0) is 66.5 Å². The Hall–Kier alpha value is -4.64. The summed E-state index contributed by atoms with van der Waals surface area (Å²) >= 11 is 0. The number of carbonyl (C=O) groups excluding carboxylic acids is 3. The van der Waals surface area contributed by atoms with Crippen molar-refractivity contribution in [1.82, 2.24) is 4.90 Å². The zero-order valence-electron chi connectivity index (χ0n) is 28.5. The van der Waals surface area contributed by atoms with E-state index >= 15 is 4.11 Å². The van der Waals surface area contributed by atoms with E-state index in [1.165, 1.54) is 0 Å². The van der Waals surface area contributed by atoms with Gasteiger partial charge in [0.2, 0.25) is 20.7 Å². The molecule has 0 aromatic heterocycles. The van der Waals surface area contributed by atoms with Crippen LogP contribution >= 0.6 is 0 Å². The first-order valence-electron chi connectivity index (χ1n) is 17.2. The SMILES string of the molecule is C[C@@H]1[C@@H]([Si](C)(C)F)[C@H](CC(=O)N2Cc3ccccc3C[C@H]2CO)O[C@@]12C(=O)N(Cc1cccc(N(C=O)c3ccccc3)c1)c1ccccc12. The molecule has 0 radical (unpaired) electrons. The number of hydrogen-bond donors (Lipinski definition) is 1. The first kappa shape index (κ1) is 33.8. The predicted octanol–water partition coefficient (Wildman–Crippen LogP) is 6.64. The summed E-state index contributed by atoms with van der Waals surface area (Å²) in [5.41, 5.74) is 3.57. The molecule has 3 amide bonds. The van der Waals surface area contributed by atoms with Gasteiger partial charge in [0.15, 0.2) is 5.60 Å². The number of amides is 3. The van der Waals surface area contributed by atoms with Crippen molar-refractivity contribution in [3.05, 3.63) is 125 Å². The summed E-state index contributed by atoms with van der Waals surface area (Å²) in [6.07, 6.45) is 0.389. The molecule has 1 spiro atoms. The number of aliphatic hydroxyl groups is 1. The summed E-state index contributed by atoms with van der Waals surface area (Å²) in [5, 5.41) is 10.3. The van der Waals surface area contributed by atoms with Gasteiger partial charge in [0.05, 0.1) is 37.4 Å². The molecular weight excluding hydrogens is 650 g/mol. The number of hydrogen-bond acceptors (Lipinski definition) is 5. The van der Waals surface area contributed by atoms with Crippen molar-refractivity contribution in [3.8, 4) is 0 Å². The minimum absolute atomic E-state index is 0.0890. The van der Waals surface area contributed by atoms with Gasteiger partial charge in [-0.25, -0.2) is 0 Å². The van der Waals surface area contributed by atoms with Crippen molar-refractivity contribution in [2.75, 3.05) is 16.4 Å². The number of nitrogens with zero attached hydrogens (tertiary/aromatic N) is 3. The second kappa shape index (κ2) is 13.2. The average molecular weight is 692 g/mol. The molecule has 4 aromatic rings. The first-order valence-corrected chi connectivity index (χ1v) is 20.2. The maximum atomic E-state index is 16.4. The van der Waals surface area contributed by atoms with Crippen molar-refractivity contribution >= 4 is 43.7 Å². The van der Waals surface area contributed by atoms with E-state index in [1.54, 1.807) is 27.8 Å². The lowest BCUT2D eigenvalue weighted by atomic mass is 9.82. The molecule has 1 N–H and O–H groups in total. The van der Waals surface area contributed by atoms with E-state index in [0.29, 0.717) is 29.9 Å². The molecule has 1 fully saturated rings. The smallest absolute Gasteiger partial charge is 0.264 e. The molecule has 0 unspecified atom stereocenters. The second-order valence-corrected chi connectivity index (χ2v) is 18.0. The van der Waals surface area contributed by atoms with E-state index in [0.717, 1.165) is 28.8 Å². The Morgan fingerprint density at radius 1 is 0.980 bits per heavy atom. The van der Waals surface area contributed by atoms with E-state index < -0.39 is 37.6 Å². The van der Waals surface area contributed by atoms with Crippen molar-refractivity contribution < 1.29 is 28.3 Å². The van der Waals surface area contributed by atoms with Crippen LogP contribution < -0.4 is 9.80 Å². The van der Waals surface area contributed by atoms with E-state index in [1.807, 2.05) is 110 Å². The van der Waals surface area contributed by atoms with Crippen LogP contribution in [0.2, 0.25) is 18.6 Å². The molecule has 0 aliphatic carbocycles. The number of para-hydroxylation sites is 2. The quantitative estimate of drug-likeness (QED) is 0.121. The average Bonchev–Trinajstić information content (AvgIpc) is 3.54. The maximum absolute atomic E-state index is 16.4. The third-order valence-electron chi connectivity index (χ3n) is 10.8. The van der Waals surface area contributed by atoms with E-state index in [2.05, 4.69) is 0 Å². The van der Waals surface area contributed by atoms with Gasteiger partial charge in [-0.3, -0.25) is 19.3 Å². The molecule has 4 aromatic carbocycles. The lowest BCUT2D eigenvalue weighted by Crippen LogP contribution is -2.48. The van der Waals surface area contributed by atoms with Crippen LogP contribution in [0.15, 0.2) is 103 Å². The van der Waals surface area contributed by atoms with Gasteiger partial charge < -0.3 is 23.8 Å². The third kappa shape index (κ3) is 5.75. The summed E-state index contributed by atoms with van der Waals surface area (Å²) in [6, 6.07) is 31.8. The number of halogens is 1. The summed E-state index contributed by atoms with van der Waals surface area (Å²) < 4.78 is 23.3. The molecular formula is C40H42FN3O5Si. The van der Waals surface area contributed by atoms with Crippen molar-refractivity contribution in [1.29, 1.82) is 0 Å². The topological polar surface area (TPSA) is 90.4 Å². The monoisotopic (exact) mass is 691 g/mol. The fourth-order valence-electron chi connectivity index (χ4n) is 8.54. The summed E-state index contributed by atoms with van der Waals surface area (Å²) in [4.78, 5) is 46.0. The van der Waals surface area contributed by atoms with Crippen LogP contribution in [0.25, 0.3) is 0 Å². The largest absolute Gasteiger partial charge is 0.394 e. The van der Waals surface area contributed by atoms with Gasteiger partial charge >= 0.3 is 0 Å². The van der Waals surface area contributed by atoms with Gasteiger partial charge in [0.25, 0.3) is 5.91 Å². The number of carbonyl (C=O) groups is 3. The number of anilines is 3. The van der Waals surface area contributed by atoms with Gasteiger partial charge in [0, 0.05) is 34.9 Å². The maximum Gasteiger partial charge on any atom is 0.264 e. The predicted molar refractivity (Wildman–Crippen MR) is 193 cm³/mol. The highest BCUT2D eigenvalue weighted by atomic mass is 28.4. The van der Waals surface area contributed by atoms with Gasteiger partial charge in [-0.1, -0.05) is 79.7 Å². The minimum atomic E-state index is -3.50. The van der Waals surface area contributed by atoms with Gasteiger partial charge in [0.1, 0.15) is 0 Å². The summed E-state index contributed by atoms with van der Waals surface area (Å²) in [7, 11) is -3.50. The van der Waals surface area contributed by atoms with E-state index in [-0.39, 0.29) is 31.4 Å². The standard InChI is InChI=1S/C40H42FN3O5Si/c1-27-38(50(2,3)41)36(22-37(47)42-24-30-14-8-7-13-29(30)21-33(42)25-45)49-40(27)34-18-9-10-19-35(34)43(39(40)48)23-28-12-11-17-32(20-28)44(26-46)31-15-5-4-6-16-31/h4-20,26-27,33,36,38,45H,21-25H2,1-3H3/t27-,33+,36+,38-,40+/m1/s1. The molecule has 5 atom stereocenters. The Morgan fingerprint density at radius 2 is 1.66 bits per heavy atom. The van der Waals surface area contributed by atoms with Gasteiger partial charge in [-0.15, -0.1) is 0 Å². The number of ether oxygens (including phenoxy) is 1. The Kier molecular flexibility index (Phi) is 8.96. The Labute approximate surface area is 293 Å². The van der Waals surface area contributed by atoms with Crippen molar-refractivity contribution in [2.24, 2.45) is 5.92 Å². The van der Waals surface area contributed by atoms with Crippen molar-refractivity contribution in [2.45, 2.75) is 69.2 Å². The molecule has 10 heteroatoms. The molecule has 0 bridgehead atoms. The van der Waals surface area contributed by atoms with E-state index in [4.69, 9.17) is 4.74 Å².